The summed E-state index contributed by atoms with van der Waals surface area (Å²) in [5.41, 5.74) is -0.359. The second kappa shape index (κ2) is 7.51. The van der Waals surface area contributed by atoms with Gasteiger partial charge in [-0.3, -0.25) is 10.1 Å². The number of hydrogen-bond acceptors (Lipinski definition) is 5. The average Bonchev–Trinajstić information content (AvgIpc) is 2.36. The molecular formula is C12H16BrFN2O4. The van der Waals surface area contributed by atoms with E-state index in [2.05, 4.69) is 21.2 Å². The van der Waals surface area contributed by atoms with Crippen LogP contribution in [0.4, 0.5) is 10.1 Å². The maximum Gasteiger partial charge on any atom is 0.312 e. The minimum Gasteiger partial charge on any atom is -0.484 e. The highest BCUT2D eigenvalue weighted by Gasteiger charge is 2.20. The minimum atomic E-state index is -0.844. The zero-order chi connectivity index (χ0) is 15.3. The van der Waals surface area contributed by atoms with Gasteiger partial charge >= 0.3 is 5.69 Å². The van der Waals surface area contributed by atoms with E-state index in [0.29, 0.717) is 0 Å². The van der Waals surface area contributed by atoms with E-state index < -0.39 is 16.8 Å². The van der Waals surface area contributed by atoms with Crippen LogP contribution in [-0.4, -0.2) is 35.3 Å². The molecule has 0 bridgehead atoms. The third-order valence-corrected chi connectivity index (χ3v) is 3.00. The van der Waals surface area contributed by atoms with Gasteiger partial charge in [-0.2, -0.15) is 0 Å². The standard InChI is InChI=1S/C12H16BrFN2O4/c1-7(2)15-5-8(17)6-20-12-4-10(14)9(13)3-11(12)16(18)19/h3-4,7-8,15,17H,5-6H2,1-2H3. The van der Waals surface area contributed by atoms with E-state index in [9.17, 15) is 19.6 Å². The predicted octanol–water partition coefficient (Wildman–Crippen LogP) is 2.23. The summed E-state index contributed by atoms with van der Waals surface area (Å²) < 4.78 is 18.5. The molecule has 1 unspecified atom stereocenters. The summed E-state index contributed by atoms with van der Waals surface area (Å²) in [6, 6.07) is 2.15. The molecule has 1 aromatic carbocycles. The highest BCUT2D eigenvalue weighted by molar-refractivity contribution is 9.10. The lowest BCUT2D eigenvalue weighted by molar-refractivity contribution is -0.386. The van der Waals surface area contributed by atoms with Crippen molar-refractivity contribution >= 4 is 21.6 Å². The van der Waals surface area contributed by atoms with Gasteiger partial charge in [0.1, 0.15) is 18.5 Å². The molecule has 6 nitrogen and oxygen atoms in total. The van der Waals surface area contributed by atoms with Crippen LogP contribution in [0.15, 0.2) is 16.6 Å². The Labute approximate surface area is 124 Å². The van der Waals surface area contributed by atoms with E-state index in [-0.39, 0.29) is 35.1 Å². The molecule has 0 saturated carbocycles. The van der Waals surface area contributed by atoms with Crippen LogP contribution in [0, 0.1) is 15.9 Å². The molecule has 0 fully saturated rings. The Balaban J connectivity index is 2.72. The fourth-order valence-corrected chi connectivity index (χ4v) is 1.72. The number of nitrogens with zero attached hydrogens (tertiary/aromatic N) is 1. The first kappa shape index (κ1) is 16.8. The van der Waals surface area contributed by atoms with E-state index in [1.54, 1.807) is 0 Å². The highest BCUT2D eigenvalue weighted by Crippen LogP contribution is 2.32. The summed E-state index contributed by atoms with van der Waals surface area (Å²) in [6.07, 6.45) is -0.844. The number of aliphatic hydroxyl groups excluding tert-OH is 1. The van der Waals surface area contributed by atoms with Gasteiger partial charge < -0.3 is 15.2 Å². The summed E-state index contributed by atoms with van der Waals surface area (Å²) in [4.78, 5) is 10.2. The summed E-state index contributed by atoms with van der Waals surface area (Å²) in [7, 11) is 0. The second-order valence-electron chi connectivity index (χ2n) is 4.52. The Bertz CT molecular complexity index is 485. The molecule has 0 aliphatic rings. The van der Waals surface area contributed by atoms with E-state index in [0.717, 1.165) is 12.1 Å². The van der Waals surface area contributed by atoms with Gasteiger partial charge in [-0.1, -0.05) is 13.8 Å². The van der Waals surface area contributed by atoms with Crippen molar-refractivity contribution in [3.8, 4) is 5.75 Å². The maximum atomic E-state index is 13.4. The van der Waals surface area contributed by atoms with Crippen molar-refractivity contribution in [2.75, 3.05) is 13.2 Å². The van der Waals surface area contributed by atoms with Crippen LogP contribution in [0.25, 0.3) is 0 Å². The lowest BCUT2D eigenvalue weighted by atomic mass is 10.3. The molecule has 0 aliphatic heterocycles. The molecule has 20 heavy (non-hydrogen) atoms. The molecule has 8 heteroatoms. The van der Waals surface area contributed by atoms with Crippen LogP contribution in [0.5, 0.6) is 5.75 Å². The molecule has 0 spiro atoms. The average molecular weight is 351 g/mol. The fraction of sp³-hybridized carbons (Fsp3) is 0.500. The van der Waals surface area contributed by atoms with Crippen molar-refractivity contribution in [3.63, 3.8) is 0 Å². The van der Waals surface area contributed by atoms with Gasteiger partial charge in [0.2, 0.25) is 0 Å². The molecule has 0 amide bonds. The molecule has 0 radical (unpaired) electrons. The third kappa shape index (κ3) is 5.03. The minimum absolute atomic E-state index is 0.0152. The second-order valence-corrected chi connectivity index (χ2v) is 5.37. The van der Waals surface area contributed by atoms with Crippen molar-refractivity contribution in [3.05, 3.63) is 32.5 Å². The quantitative estimate of drug-likeness (QED) is 0.581. The van der Waals surface area contributed by atoms with Crippen molar-refractivity contribution in [1.29, 1.82) is 0 Å². The molecule has 0 saturated heterocycles. The molecule has 0 aromatic heterocycles. The Morgan fingerprint density at radius 2 is 2.20 bits per heavy atom. The Hall–Kier alpha value is -1.25. The van der Waals surface area contributed by atoms with Crippen LogP contribution in [0.3, 0.4) is 0 Å². The number of rotatable bonds is 7. The number of halogens is 2. The summed E-state index contributed by atoms with van der Waals surface area (Å²) in [5, 5.41) is 23.5. The number of ether oxygens (including phenoxy) is 1. The van der Waals surface area contributed by atoms with Crippen molar-refractivity contribution in [2.24, 2.45) is 0 Å². The Morgan fingerprint density at radius 1 is 1.55 bits per heavy atom. The van der Waals surface area contributed by atoms with Crippen LogP contribution in [0.2, 0.25) is 0 Å². The van der Waals surface area contributed by atoms with E-state index in [4.69, 9.17) is 4.74 Å². The fourth-order valence-electron chi connectivity index (χ4n) is 1.39. The number of nitro benzene ring substituents is 1. The number of nitrogens with one attached hydrogen (secondary N) is 1. The third-order valence-electron chi connectivity index (χ3n) is 2.39. The van der Waals surface area contributed by atoms with Crippen molar-refractivity contribution < 1.29 is 19.2 Å². The zero-order valence-electron chi connectivity index (χ0n) is 11.1. The van der Waals surface area contributed by atoms with E-state index in [1.807, 2.05) is 13.8 Å². The normalized spacial score (nSPS) is 12.5. The highest BCUT2D eigenvalue weighted by atomic mass is 79.9. The van der Waals surface area contributed by atoms with Gasteiger partial charge in [0.05, 0.1) is 9.40 Å². The van der Waals surface area contributed by atoms with Gasteiger partial charge in [0.25, 0.3) is 0 Å². The van der Waals surface area contributed by atoms with Crippen molar-refractivity contribution in [2.45, 2.75) is 26.0 Å². The first-order valence-corrected chi connectivity index (χ1v) is 6.78. The smallest absolute Gasteiger partial charge is 0.312 e. The molecule has 1 rings (SSSR count). The lowest BCUT2D eigenvalue weighted by Gasteiger charge is -2.15. The van der Waals surface area contributed by atoms with Crippen LogP contribution in [0.1, 0.15) is 13.8 Å². The lowest BCUT2D eigenvalue weighted by Crippen LogP contribution is -2.35. The van der Waals surface area contributed by atoms with Gasteiger partial charge in [0, 0.05) is 24.7 Å². The van der Waals surface area contributed by atoms with Gasteiger partial charge in [0.15, 0.2) is 5.75 Å². The van der Waals surface area contributed by atoms with Crippen LogP contribution >= 0.6 is 15.9 Å². The molecule has 0 aliphatic carbocycles. The number of benzene rings is 1. The largest absolute Gasteiger partial charge is 0.484 e. The van der Waals surface area contributed by atoms with E-state index >= 15 is 0 Å². The first-order chi connectivity index (χ1) is 9.31. The molecule has 1 atom stereocenters. The number of aliphatic hydroxyl groups is 1. The number of nitro groups is 1. The zero-order valence-corrected chi connectivity index (χ0v) is 12.7. The first-order valence-electron chi connectivity index (χ1n) is 5.99. The molecule has 2 N–H and O–H groups in total. The maximum absolute atomic E-state index is 13.4. The van der Waals surface area contributed by atoms with Gasteiger partial charge in [-0.05, 0) is 15.9 Å². The Morgan fingerprint density at radius 3 is 2.75 bits per heavy atom. The van der Waals surface area contributed by atoms with Crippen LogP contribution < -0.4 is 10.1 Å². The summed E-state index contributed by atoms with van der Waals surface area (Å²) in [5.74, 6) is -0.875. The van der Waals surface area contributed by atoms with Gasteiger partial charge in [-0.25, -0.2) is 4.39 Å². The molecule has 112 valence electrons. The topological polar surface area (TPSA) is 84.6 Å². The summed E-state index contributed by atoms with van der Waals surface area (Å²) in [6.45, 7) is 3.96. The van der Waals surface area contributed by atoms with Crippen LogP contribution in [-0.2, 0) is 0 Å². The monoisotopic (exact) mass is 350 g/mol. The van der Waals surface area contributed by atoms with E-state index in [1.165, 1.54) is 0 Å². The van der Waals surface area contributed by atoms with Crippen molar-refractivity contribution in [1.82, 2.24) is 5.32 Å². The Kier molecular flexibility index (Phi) is 6.31. The molecular weight excluding hydrogens is 335 g/mol. The summed E-state index contributed by atoms with van der Waals surface area (Å²) >= 11 is 2.87. The predicted molar refractivity (Wildman–Crippen MR) is 75.4 cm³/mol. The molecule has 1 aromatic rings. The van der Waals surface area contributed by atoms with Gasteiger partial charge in [-0.15, -0.1) is 0 Å². The molecule has 0 heterocycles. The SMILES string of the molecule is CC(C)NCC(O)COc1cc(F)c(Br)cc1[N+](=O)[O-]. The number of hydrogen-bond donors (Lipinski definition) is 2.